The van der Waals surface area contributed by atoms with Crippen molar-refractivity contribution in [3.8, 4) is 0 Å². The van der Waals surface area contributed by atoms with E-state index in [0.29, 0.717) is 24.7 Å². The molecule has 1 aromatic heterocycles. The number of carbonyl (C=O) groups is 1. The number of aromatic nitrogens is 2. The van der Waals surface area contributed by atoms with Crippen LogP contribution in [0.25, 0.3) is 6.08 Å². The number of amides is 1. The Balaban J connectivity index is 2.07. The van der Waals surface area contributed by atoms with Gasteiger partial charge in [0.05, 0.1) is 12.2 Å². The lowest BCUT2D eigenvalue weighted by Crippen LogP contribution is -2.22. The topological polar surface area (TPSA) is 67.2 Å². The van der Waals surface area contributed by atoms with Gasteiger partial charge < -0.3 is 10.4 Å². The first-order valence-corrected chi connectivity index (χ1v) is 7.83. The van der Waals surface area contributed by atoms with Crippen LogP contribution in [0.5, 0.6) is 0 Å². The van der Waals surface area contributed by atoms with Crippen LogP contribution in [0.4, 0.5) is 0 Å². The minimum atomic E-state index is -0.218. The van der Waals surface area contributed by atoms with Gasteiger partial charge in [-0.1, -0.05) is 41.9 Å². The second-order valence-electron chi connectivity index (χ2n) is 5.13. The van der Waals surface area contributed by atoms with Gasteiger partial charge in [0, 0.05) is 24.8 Å². The Morgan fingerprint density at radius 2 is 2.13 bits per heavy atom. The Morgan fingerprint density at radius 1 is 1.39 bits per heavy atom. The molecular weight excluding hydrogens is 314 g/mol. The van der Waals surface area contributed by atoms with E-state index in [1.54, 1.807) is 10.8 Å². The molecule has 0 radical (unpaired) electrons. The Hall–Kier alpha value is -2.11. The number of carbonyl (C=O) groups excluding carboxylic acids is 1. The van der Waals surface area contributed by atoms with E-state index in [-0.39, 0.29) is 12.5 Å². The summed E-state index contributed by atoms with van der Waals surface area (Å²) in [5.41, 5.74) is 2.61. The minimum Gasteiger partial charge on any atom is -0.396 e. The van der Waals surface area contributed by atoms with Gasteiger partial charge in [-0.25, -0.2) is 4.68 Å². The summed E-state index contributed by atoms with van der Waals surface area (Å²) < 4.78 is 1.72. The van der Waals surface area contributed by atoms with E-state index < -0.39 is 0 Å². The van der Waals surface area contributed by atoms with Gasteiger partial charge >= 0.3 is 0 Å². The zero-order valence-corrected chi connectivity index (χ0v) is 13.8. The summed E-state index contributed by atoms with van der Waals surface area (Å²) in [5, 5.41) is 16.3. The van der Waals surface area contributed by atoms with Crippen molar-refractivity contribution >= 4 is 23.6 Å². The van der Waals surface area contributed by atoms with Crippen molar-refractivity contribution in [3.63, 3.8) is 0 Å². The normalized spacial score (nSPS) is 11.1. The molecule has 2 N–H and O–H groups in total. The largest absolute Gasteiger partial charge is 0.396 e. The molecule has 0 unspecified atom stereocenters. The summed E-state index contributed by atoms with van der Waals surface area (Å²) in [6.45, 7) is 2.94. The predicted octanol–water partition coefficient (Wildman–Crippen LogP) is 2.41. The van der Waals surface area contributed by atoms with Gasteiger partial charge in [-0.3, -0.25) is 4.79 Å². The zero-order chi connectivity index (χ0) is 16.7. The number of aliphatic hydroxyl groups is 1. The number of aliphatic hydroxyl groups excluding tert-OH is 1. The average Bonchev–Trinajstić information content (AvgIpc) is 2.80. The van der Waals surface area contributed by atoms with Crippen molar-refractivity contribution < 1.29 is 9.90 Å². The lowest BCUT2D eigenvalue weighted by molar-refractivity contribution is -0.116. The number of halogens is 1. The van der Waals surface area contributed by atoms with Crippen LogP contribution in [0.1, 0.15) is 23.2 Å². The molecule has 6 heteroatoms. The molecule has 1 amide bonds. The molecule has 0 atom stereocenters. The van der Waals surface area contributed by atoms with Crippen LogP contribution in [0, 0.1) is 6.92 Å². The number of aryl methyl sites for hydroxylation is 1. The lowest BCUT2D eigenvalue weighted by atomic mass is 10.2. The Kier molecular flexibility index (Phi) is 6.38. The summed E-state index contributed by atoms with van der Waals surface area (Å²) >= 11 is 6.37. The van der Waals surface area contributed by atoms with Crippen molar-refractivity contribution in [2.45, 2.75) is 19.9 Å². The third kappa shape index (κ3) is 4.94. The van der Waals surface area contributed by atoms with Crippen LogP contribution < -0.4 is 5.32 Å². The summed E-state index contributed by atoms with van der Waals surface area (Å²) in [4.78, 5) is 11.7. The second kappa shape index (κ2) is 8.50. The fourth-order valence-corrected chi connectivity index (χ4v) is 2.42. The molecule has 0 saturated heterocycles. The maximum absolute atomic E-state index is 11.7. The zero-order valence-electron chi connectivity index (χ0n) is 13.0. The van der Waals surface area contributed by atoms with Crippen molar-refractivity contribution in [1.82, 2.24) is 15.1 Å². The predicted molar refractivity (Wildman–Crippen MR) is 91.3 cm³/mol. The van der Waals surface area contributed by atoms with Crippen molar-refractivity contribution in [1.29, 1.82) is 0 Å². The molecule has 1 aromatic carbocycles. The average molecular weight is 334 g/mol. The van der Waals surface area contributed by atoms with Gasteiger partial charge in [0.1, 0.15) is 5.15 Å². The molecule has 1 heterocycles. The summed E-state index contributed by atoms with van der Waals surface area (Å²) in [5.74, 6) is -0.218. The lowest BCUT2D eigenvalue weighted by Gasteiger charge is -2.03. The van der Waals surface area contributed by atoms with E-state index in [2.05, 4.69) is 10.4 Å². The highest BCUT2D eigenvalue weighted by atomic mass is 35.5. The van der Waals surface area contributed by atoms with Crippen molar-refractivity contribution in [3.05, 3.63) is 58.4 Å². The fraction of sp³-hybridized carbons (Fsp3) is 0.294. The molecule has 0 bridgehead atoms. The van der Waals surface area contributed by atoms with Gasteiger partial charge in [0.25, 0.3) is 0 Å². The number of rotatable bonds is 7. The summed E-state index contributed by atoms with van der Waals surface area (Å²) in [6, 6.07) is 9.92. The van der Waals surface area contributed by atoms with Crippen LogP contribution in [0.3, 0.4) is 0 Å². The minimum absolute atomic E-state index is 0.0567. The quantitative estimate of drug-likeness (QED) is 0.604. The summed E-state index contributed by atoms with van der Waals surface area (Å²) in [6.07, 6.45) is 3.63. The van der Waals surface area contributed by atoms with Crippen molar-refractivity contribution in [2.24, 2.45) is 0 Å². The highest BCUT2D eigenvalue weighted by Crippen LogP contribution is 2.22. The molecule has 0 aliphatic rings. The fourth-order valence-electron chi connectivity index (χ4n) is 2.13. The summed E-state index contributed by atoms with van der Waals surface area (Å²) in [7, 11) is 0. The van der Waals surface area contributed by atoms with Crippen LogP contribution in [-0.2, 0) is 11.3 Å². The second-order valence-corrected chi connectivity index (χ2v) is 5.49. The van der Waals surface area contributed by atoms with E-state index >= 15 is 0 Å². The van der Waals surface area contributed by atoms with Crippen LogP contribution in [-0.4, -0.2) is 33.9 Å². The van der Waals surface area contributed by atoms with Crippen molar-refractivity contribution in [2.75, 3.05) is 13.2 Å². The molecule has 0 aliphatic heterocycles. The van der Waals surface area contributed by atoms with E-state index in [0.717, 1.165) is 16.8 Å². The van der Waals surface area contributed by atoms with Crippen LogP contribution >= 0.6 is 11.6 Å². The van der Waals surface area contributed by atoms with Gasteiger partial charge in [-0.15, -0.1) is 0 Å². The van der Waals surface area contributed by atoms with Crippen LogP contribution in [0.15, 0.2) is 36.4 Å². The smallest absolute Gasteiger partial charge is 0.244 e. The van der Waals surface area contributed by atoms with E-state index in [1.807, 2.05) is 37.3 Å². The molecule has 5 nitrogen and oxygen atoms in total. The molecule has 0 saturated carbocycles. The van der Waals surface area contributed by atoms with Gasteiger partial charge in [-0.2, -0.15) is 5.10 Å². The Morgan fingerprint density at radius 3 is 2.83 bits per heavy atom. The SMILES string of the molecule is Cc1nn(Cc2ccccc2)c(Cl)c1/C=C/C(=O)NCCCO. The van der Waals surface area contributed by atoms with Crippen LogP contribution in [0.2, 0.25) is 5.15 Å². The monoisotopic (exact) mass is 333 g/mol. The first-order chi connectivity index (χ1) is 11.1. The maximum Gasteiger partial charge on any atom is 0.244 e. The number of hydrogen-bond acceptors (Lipinski definition) is 3. The van der Waals surface area contributed by atoms with Gasteiger partial charge in [0.2, 0.25) is 5.91 Å². The van der Waals surface area contributed by atoms with E-state index in [9.17, 15) is 4.79 Å². The number of nitrogens with zero attached hydrogens (tertiary/aromatic N) is 2. The third-order valence-electron chi connectivity index (χ3n) is 3.32. The molecule has 122 valence electrons. The van der Waals surface area contributed by atoms with Gasteiger partial charge in [0.15, 0.2) is 0 Å². The first-order valence-electron chi connectivity index (χ1n) is 7.45. The number of nitrogens with one attached hydrogen (secondary N) is 1. The Labute approximate surface area is 140 Å². The highest BCUT2D eigenvalue weighted by Gasteiger charge is 2.11. The highest BCUT2D eigenvalue weighted by molar-refractivity contribution is 6.31. The standard InChI is InChI=1S/C17H20ClN3O2/c1-13-15(8-9-16(23)19-10-5-11-22)17(18)21(20-13)12-14-6-3-2-4-7-14/h2-4,6-9,22H,5,10-12H2,1H3,(H,19,23)/b9-8+. The number of hydrogen-bond donors (Lipinski definition) is 2. The molecule has 2 rings (SSSR count). The first kappa shape index (κ1) is 17.2. The molecule has 23 heavy (non-hydrogen) atoms. The maximum atomic E-state index is 11.7. The molecule has 0 spiro atoms. The Bertz CT molecular complexity index is 681. The van der Waals surface area contributed by atoms with E-state index in [1.165, 1.54) is 6.08 Å². The molecule has 0 aliphatic carbocycles. The van der Waals surface area contributed by atoms with E-state index in [4.69, 9.17) is 16.7 Å². The number of benzene rings is 1. The third-order valence-corrected chi connectivity index (χ3v) is 3.72. The molecule has 2 aromatic rings. The molecule has 0 fully saturated rings. The van der Waals surface area contributed by atoms with Gasteiger partial charge in [-0.05, 0) is 25.0 Å². The molecular formula is C17H20ClN3O2.